The zero-order valence-electron chi connectivity index (χ0n) is 10.7. The Kier molecular flexibility index (Phi) is 3.82. The number of nitrogen functional groups attached to an aromatic ring is 1. The van der Waals surface area contributed by atoms with Crippen molar-refractivity contribution in [2.45, 2.75) is 36.5 Å². The van der Waals surface area contributed by atoms with Crippen LogP contribution in [0.2, 0.25) is 0 Å². The van der Waals surface area contributed by atoms with Gasteiger partial charge in [0.2, 0.25) is 5.91 Å². The largest absolute Gasteiger partial charge is 0.399 e. The summed E-state index contributed by atoms with van der Waals surface area (Å²) >= 11 is 1.59. The quantitative estimate of drug-likeness (QED) is 0.818. The van der Waals surface area contributed by atoms with Crippen LogP contribution in [0.3, 0.4) is 0 Å². The first-order valence-corrected chi connectivity index (χ1v) is 7.02. The van der Waals surface area contributed by atoms with Crippen LogP contribution < -0.4 is 16.4 Å². The lowest BCUT2D eigenvalue weighted by Crippen LogP contribution is -2.46. The molecule has 0 aliphatic carbocycles. The summed E-state index contributed by atoms with van der Waals surface area (Å²) in [5.41, 5.74) is 13.0. The van der Waals surface area contributed by atoms with E-state index in [1.54, 1.807) is 11.8 Å². The van der Waals surface area contributed by atoms with E-state index in [1.165, 1.54) is 0 Å². The van der Waals surface area contributed by atoms with E-state index in [0.29, 0.717) is 12.2 Å². The average Bonchev–Trinajstić information content (AvgIpc) is 2.31. The molecule has 1 aromatic carbocycles. The Balaban J connectivity index is 2.43. The van der Waals surface area contributed by atoms with Crippen LogP contribution in [0.4, 0.5) is 11.4 Å². The second-order valence-electron chi connectivity index (χ2n) is 4.62. The number of hydrogen-bond acceptors (Lipinski definition) is 4. The van der Waals surface area contributed by atoms with Gasteiger partial charge in [-0.3, -0.25) is 4.79 Å². The maximum Gasteiger partial charge on any atom is 0.240 e. The number of anilines is 2. The molecule has 98 valence electrons. The lowest BCUT2D eigenvalue weighted by Gasteiger charge is -2.36. The van der Waals surface area contributed by atoms with Crippen molar-refractivity contribution in [1.82, 2.24) is 0 Å². The van der Waals surface area contributed by atoms with Crippen LogP contribution in [-0.2, 0) is 4.79 Å². The Morgan fingerprint density at radius 1 is 1.50 bits per heavy atom. The van der Waals surface area contributed by atoms with Crippen LogP contribution in [0.15, 0.2) is 23.1 Å². The standard InChI is InChI=1S/C13H19N3OS/c1-8(5-6-14)16-11-7-10(15)3-4-12(11)18-9(2)13(16)17/h3-4,7-9H,5-6,14-15H2,1-2H3. The van der Waals surface area contributed by atoms with Gasteiger partial charge in [0.15, 0.2) is 0 Å². The number of carbonyl (C=O) groups excluding carboxylic acids is 1. The van der Waals surface area contributed by atoms with Crippen molar-refractivity contribution in [1.29, 1.82) is 0 Å². The second-order valence-corrected chi connectivity index (χ2v) is 6.00. The van der Waals surface area contributed by atoms with Crippen LogP contribution in [0.1, 0.15) is 20.3 Å². The van der Waals surface area contributed by atoms with Crippen molar-refractivity contribution >= 4 is 29.0 Å². The first-order valence-electron chi connectivity index (χ1n) is 6.14. The molecule has 0 spiro atoms. The molecule has 1 aromatic rings. The number of nitrogens with zero attached hydrogens (tertiary/aromatic N) is 1. The van der Waals surface area contributed by atoms with Crippen molar-refractivity contribution in [3.05, 3.63) is 18.2 Å². The summed E-state index contributed by atoms with van der Waals surface area (Å²) in [5.74, 6) is 0.138. The van der Waals surface area contributed by atoms with Crippen molar-refractivity contribution in [3.63, 3.8) is 0 Å². The van der Waals surface area contributed by atoms with Gasteiger partial charge < -0.3 is 16.4 Å². The fourth-order valence-electron chi connectivity index (χ4n) is 2.20. The lowest BCUT2D eigenvalue weighted by molar-refractivity contribution is -0.118. The highest BCUT2D eigenvalue weighted by atomic mass is 32.2. The van der Waals surface area contributed by atoms with Crippen molar-refractivity contribution in [2.24, 2.45) is 5.73 Å². The summed E-state index contributed by atoms with van der Waals surface area (Å²) in [4.78, 5) is 15.3. The van der Waals surface area contributed by atoms with E-state index >= 15 is 0 Å². The minimum atomic E-state index is -0.0543. The van der Waals surface area contributed by atoms with Crippen LogP contribution in [0.5, 0.6) is 0 Å². The third kappa shape index (κ3) is 2.33. The number of nitrogens with two attached hydrogens (primary N) is 2. The molecule has 18 heavy (non-hydrogen) atoms. The summed E-state index contributed by atoms with van der Waals surface area (Å²) in [6.07, 6.45) is 0.789. The SMILES string of the molecule is CC1Sc2ccc(N)cc2N(C(C)CCN)C1=O. The minimum absolute atomic E-state index is 0.0543. The number of benzene rings is 1. The van der Waals surface area contributed by atoms with E-state index in [0.717, 1.165) is 17.0 Å². The first-order chi connectivity index (χ1) is 8.54. The molecule has 0 radical (unpaired) electrons. The number of thioether (sulfide) groups is 1. The van der Waals surface area contributed by atoms with Crippen molar-refractivity contribution in [3.8, 4) is 0 Å². The van der Waals surface area contributed by atoms with E-state index in [4.69, 9.17) is 11.5 Å². The molecule has 1 aliphatic rings. The zero-order valence-corrected chi connectivity index (χ0v) is 11.5. The summed E-state index contributed by atoms with van der Waals surface area (Å²) < 4.78 is 0. The van der Waals surface area contributed by atoms with Gasteiger partial charge in [-0.2, -0.15) is 0 Å². The van der Waals surface area contributed by atoms with Gasteiger partial charge in [-0.05, 0) is 45.0 Å². The monoisotopic (exact) mass is 265 g/mol. The summed E-state index contributed by atoms with van der Waals surface area (Å²) in [6, 6.07) is 5.84. The molecule has 0 aromatic heterocycles. The predicted octanol–water partition coefficient (Wildman–Crippen LogP) is 1.83. The van der Waals surface area contributed by atoms with Crippen LogP contribution in [-0.4, -0.2) is 23.7 Å². The Morgan fingerprint density at radius 3 is 2.89 bits per heavy atom. The molecule has 1 amide bonds. The second kappa shape index (κ2) is 5.20. The van der Waals surface area contributed by atoms with E-state index in [1.807, 2.05) is 36.9 Å². The molecule has 5 heteroatoms. The van der Waals surface area contributed by atoms with E-state index in [9.17, 15) is 4.79 Å². The van der Waals surface area contributed by atoms with Gasteiger partial charge in [0.05, 0.1) is 10.9 Å². The Labute approximate surface area is 112 Å². The van der Waals surface area contributed by atoms with Gasteiger partial charge in [0, 0.05) is 16.6 Å². The number of fused-ring (bicyclic) bond motifs is 1. The van der Waals surface area contributed by atoms with Gasteiger partial charge in [-0.15, -0.1) is 11.8 Å². The molecule has 0 bridgehead atoms. The predicted molar refractivity (Wildman–Crippen MR) is 76.8 cm³/mol. The van der Waals surface area contributed by atoms with Crippen molar-refractivity contribution < 1.29 is 4.79 Å². The molecule has 0 fully saturated rings. The summed E-state index contributed by atoms with van der Waals surface area (Å²) in [6.45, 7) is 4.54. The maximum absolute atomic E-state index is 12.3. The van der Waals surface area contributed by atoms with Gasteiger partial charge in [0.25, 0.3) is 0 Å². The number of amides is 1. The summed E-state index contributed by atoms with van der Waals surface area (Å²) in [5, 5.41) is -0.0543. The molecular weight excluding hydrogens is 246 g/mol. The molecule has 0 saturated carbocycles. The average molecular weight is 265 g/mol. The highest BCUT2D eigenvalue weighted by Gasteiger charge is 2.33. The van der Waals surface area contributed by atoms with E-state index in [-0.39, 0.29) is 17.2 Å². The van der Waals surface area contributed by atoms with Gasteiger partial charge >= 0.3 is 0 Å². The minimum Gasteiger partial charge on any atom is -0.399 e. The zero-order chi connectivity index (χ0) is 13.3. The smallest absolute Gasteiger partial charge is 0.240 e. The highest BCUT2D eigenvalue weighted by Crippen LogP contribution is 2.41. The molecule has 1 aliphatic heterocycles. The number of carbonyl (C=O) groups is 1. The normalized spacial score (nSPS) is 20.7. The topological polar surface area (TPSA) is 72.3 Å². The molecule has 4 nitrogen and oxygen atoms in total. The maximum atomic E-state index is 12.3. The van der Waals surface area contributed by atoms with Crippen LogP contribution in [0.25, 0.3) is 0 Å². The molecule has 4 N–H and O–H groups in total. The number of rotatable bonds is 3. The fourth-order valence-corrected chi connectivity index (χ4v) is 3.22. The Bertz CT molecular complexity index is 464. The Hall–Kier alpha value is -1.20. The van der Waals surface area contributed by atoms with Crippen molar-refractivity contribution in [2.75, 3.05) is 17.2 Å². The van der Waals surface area contributed by atoms with Crippen LogP contribution in [0, 0.1) is 0 Å². The highest BCUT2D eigenvalue weighted by molar-refractivity contribution is 8.01. The fraction of sp³-hybridized carbons (Fsp3) is 0.462. The van der Waals surface area contributed by atoms with Crippen LogP contribution >= 0.6 is 11.8 Å². The number of hydrogen-bond donors (Lipinski definition) is 2. The molecule has 0 saturated heterocycles. The molecule has 2 atom stereocenters. The van der Waals surface area contributed by atoms with E-state index < -0.39 is 0 Å². The first kappa shape index (κ1) is 13.2. The van der Waals surface area contributed by atoms with Gasteiger partial charge in [-0.25, -0.2) is 0 Å². The van der Waals surface area contributed by atoms with Gasteiger partial charge in [0.1, 0.15) is 0 Å². The van der Waals surface area contributed by atoms with Gasteiger partial charge in [-0.1, -0.05) is 0 Å². The summed E-state index contributed by atoms with van der Waals surface area (Å²) in [7, 11) is 0. The third-order valence-corrected chi connectivity index (χ3v) is 4.31. The Morgan fingerprint density at radius 2 is 2.22 bits per heavy atom. The molecule has 1 heterocycles. The molecular formula is C13H19N3OS. The third-order valence-electron chi connectivity index (χ3n) is 3.16. The van der Waals surface area contributed by atoms with E-state index in [2.05, 4.69) is 0 Å². The lowest BCUT2D eigenvalue weighted by atomic mass is 10.1. The molecule has 2 rings (SSSR count). The molecule has 2 unspecified atom stereocenters.